The lowest BCUT2D eigenvalue weighted by Gasteiger charge is -2.42. The summed E-state index contributed by atoms with van der Waals surface area (Å²) in [6.45, 7) is 3.36. The van der Waals surface area contributed by atoms with Crippen LogP contribution in [-0.2, 0) is 16.0 Å². The highest BCUT2D eigenvalue weighted by atomic mass is 16.2. The molecule has 1 N–H and O–H groups in total. The van der Waals surface area contributed by atoms with E-state index in [4.69, 9.17) is 0 Å². The Morgan fingerprint density at radius 3 is 2.17 bits per heavy atom. The maximum atomic E-state index is 13.2. The largest absolute Gasteiger partial charge is 0.326 e. The van der Waals surface area contributed by atoms with Crippen LogP contribution in [0.1, 0.15) is 36.1 Å². The molecule has 2 aromatic carbocycles. The van der Waals surface area contributed by atoms with E-state index in [2.05, 4.69) is 17.5 Å². The highest BCUT2D eigenvalue weighted by Crippen LogP contribution is 2.31. The minimum atomic E-state index is -1.06. The van der Waals surface area contributed by atoms with E-state index in [-0.39, 0.29) is 28.6 Å². The van der Waals surface area contributed by atoms with Crippen molar-refractivity contribution >= 4 is 17.4 Å². The third-order valence-electron chi connectivity index (χ3n) is 5.43. The van der Waals surface area contributed by atoms with Gasteiger partial charge in [-0.15, -0.1) is 0 Å². The molecule has 0 radical (unpaired) electrons. The predicted octanol–water partition coefficient (Wildman–Crippen LogP) is 2.75. The number of carbonyl (C=O) groups is 2. The predicted molar refractivity (Wildman–Crippen MR) is 108 cm³/mol. The molecule has 1 fully saturated rings. The number of hydrogen-bond donors (Lipinski definition) is 1. The van der Waals surface area contributed by atoms with Gasteiger partial charge in [0.25, 0.3) is 11.8 Å². The van der Waals surface area contributed by atoms with E-state index in [9.17, 15) is 20.1 Å². The Labute approximate surface area is 169 Å². The fourth-order valence-electron chi connectivity index (χ4n) is 3.56. The summed E-state index contributed by atoms with van der Waals surface area (Å²) in [4.78, 5) is 27.7. The Morgan fingerprint density at radius 1 is 1.03 bits per heavy atom. The molecule has 0 spiro atoms. The summed E-state index contributed by atoms with van der Waals surface area (Å²) in [6, 6.07) is 18.4. The van der Waals surface area contributed by atoms with Gasteiger partial charge >= 0.3 is 0 Å². The van der Waals surface area contributed by atoms with Gasteiger partial charge in [-0.25, -0.2) is 0 Å². The van der Waals surface area contributed by atoms with Crippen LogP contribution in [0.3, 0.4) is 0 Å². The number of nitriles is 2. The van der Waals surface area contributed by atoms with Gasteiger partial charge in [0.1, 0.15) is 11.2 Å². The van der Waals surface area contributed by atoms with Crippen LogP contribution in [0.25, 0.3) is 5.57 Å². The van der Waals surface area contributed by atoms with Gasteiger partial charge < -0.3 is 10.2 Å². The Morgan fingerprint density at radius 2 is 1.62 bits per heavy atom. The first-order valence-electron chi connectivity index (χ1n) is 9.11. The van der Waals surface area contributed by atoms with Gasteiger partial charge in [-0.3, -0.25) is 9.59 Å². The maximum Gasteiger partial charge on any atom is 0.271 e. The van der Waals surface area contributed by atoms with Gasteiger partial charge in [0.15, 0.2) is 0 Å². The van der Waals surface area contributed by atoms with Crippen LogP contribution in [0.4, 0.5) is 0 Å². The van der Waals surface area contributed by atoms with Crippen molar-refractivity contribution in [3.05, 3.63) is 76.5 Å². The van der Waals surface area contributed by atoms with Gasteiger partial charge in [-0.1, -0.05) is 36.4 Å². The normalized spacial score (nSPS) is 20.5. The summed E-state index contributed by atoms with van der Waals surface area (Å²) in [6.07, 6.45) is 0.368. The summed E-state index contributed by atoms with van der Waals surface area (Å²) in [5.41, 5.74) is 1.27. The molecule has 1 aliphatic heterocycles. The first-order valence-corrected chi connectivity index (χ1v) is 9.11. The van der Waals surface area contributed by atoms with Crippen LogP contribution in [0.5, 0.6) is 0 Å². The molecule has 1 saturated heterocycles. The lowest BCUT2D eigenvalue weighted by molar-refractivity contribution is -0.147. The average molecular weight is 384 g/mol. The van der Waals surface area contributed by atoms with Crippen LogP contribution in [0.15, 0.2) is 54.2 Å². The molecule has 1 heterocycles. The minimum absolute atomic E-state index is 0.0854. The highest BCUT2D eigenvalue weighted by Gasteiger charge is 2.46. The molecule has 3 rings (SSSR count). The van der Waals surface area contributed by atoms with Gasteiger partial charge in [0, 0.05) is 19.0 Å². The fourth-order valence-corrected chi connectivity index (χ4v) is 3.56. The molecule has 1 atom stereocenters. The van der Waals surface area contributed by atoms with E-state index in [1.807, 2.05) is 30.3 Å². The standard InChI is InChI=1S/C23H20N4O2/c1-15(19-17(13-24)10-7-11-18(19)14-25)20-21(28)27(3)23(2,22(29)26-20)12-16-8-5-4-6-9-16/h4-11H,12H2,1-3H3,(H,26,29). The minimum Gasteiger partial charge on any atom is -0.326 e. The van der Waals surface area contributed by atoms with Crippen molar-refractivity contribution in [2.45, 2.75) is 25.8 Å². The lowest BCUT2D eigenvalue weighted by Crippen LogP contribution is -2.64. The SMILES string of the molecule is CC(=C1NC(=O)C(C)(Cc2ccccc2)N(C)C1=O)c1c(C#N)cccc1C#N. The van der Waals surface area contributed by atoms with Crippen molar-refractivity contribution < 1.29 is 9.59 Å². The van der Waals surface area contributed by atoms with Crippen LogP contribution in [-0.4, -0.2) is 29.3 Å². The summed E-state index contributed by atoms with van der Waals surface area (Å²) >= 11 is 0. The summed E-state index contributed by atoms with van der Waals surface area (Å²) in [5.74, 6) is -0.678. The van der Waals surface area contributed by atoms with Gasteiger partial charge in [0.05, 0.1) is 23.3 Å². The number of piperazine rings is 1. The molecule has 2 aromatic rings. The van der Waals surface area contributed by atoms with Crippen LogP contribution >= 0.6 is 0 Å². The smallest absolute Gasteiger partial charge is 0.271 e. The molecule has 144 valence electrons. The summed E-state index contributed by atoms with van der Waals surface area (Å²) in [5, 5.41) is 21.6. The summed E-state index contributed by atoms with van der Waals surface area (Å²) in [7, 11) is 1.60. The Balaban J connectivity index is 2.06. The molecule has 0 bridgehead atoms. The van der Waals surface area contributed by atoms with Crippen molar-refractivity contribution in [1.82, 2.24) is 10.2 Å². The fraction of sp³-hybridized carbons (Fsp3) is 0.217. The third-order valence-corrected chi connectivity index (χ3v) is 5.43. The van der Waals surface area contributed by atoms with Crippen molar-refractivity contribution in [2.24, 2.45) is 0 Å². The average Bonchev–Trinajstić information content (AvgIpc) is 2.74. The molecule has 2 amide bonds. The van der Waals surface area contributed by atoms with E-state index in [1.54, 1.807) is 39.1 Å². The number of allylic oxidation sites excluding steroid dienone is 1. The van der Waals surface area contributed by atoms with E-state index in [0.717, 1.165) is 5.56 Å². The number of hydrogen-bond acceptors (Lipinski definition) is 4. The zero-order chi connectivity index (χ0) is 21.2. The third kappa shape index (κ3) is 3.37. The Bertz CT molecular complexity index is 1070. The van der Waals surface area contributed by atoms with E-state index >= 15 is 0 Å². The second-order valence-electron chi connectivity index (χ2n) is 7.21. The van der Waals surface area contributed by atoms with E-state index in [1.165, 1.54) is 4.90 Å². The molecule has 0 saturated carbocycles. The molecule has 0 aliphatic carbocycles. The molecular formula is C23H20N4O2. The van der Waals surface area contributed by atoms with E-state index in [0.29, 0.717) is 17.6 Å². The number of amides is 2. The molecule has 6 nitrogen and oxygen atoms in total. The number of nitrogens with one attached hydrogen (secondary N) is 1. The molecule has 0 aromatic heterocycles. The molecule has 1 unspecified atom stereocenters. The highest BCUT2D eigenvalue weighted by molar-refractivity contribution is 6.11. The molecule has 29 heavy (non-hydrogen) atoms. The van der Waals surface area contributed by atoms with Gasteiger partial charge in [0.2, 0.25) is 0 Å². The van der Waals surface area contributed by atoms with E-state index < -0.39 is 5.54 Å². The zero-order valence-corrected chi connectivity index (χ0v) is 16.5. The second-order valence-corrected chi connectivity index (χ2v) is 7.21. The molecule has 6 heteroatoms. The topological polar surface area (TPSA) is 97.0 Å². The van der Waals surface area contributed by atoms with Crippen LogP contribution < -0.4 is 5.32 Å². The lowest BCUT2D eigenvalue weighted by atomic mass is 9.86. The number of rotatable bonds is 3. The molecule has 1 aliphatic rings. The van der Waals surface area contributed by atoms with Crippen molar-refractivity contribution in [2.75, 3.05) is 7.05 Å². The van der Waals surface area contributed by atoms with Gasteiger partial charge in [-0.2, -0.15) is 10.5 Å². The molecular weight excluding hydrogens is 364 g/mol. The van der Waals surface area contributed by atoms with Crippen molar-refractivity contribution in [3.63, 3.8) is 0 Å². The Hall–Kier alpha value is -3.90. The van der Waals surface area contributed by atoms with Crippen molar-refractivity contribution in [1.29, 1.82) is 10.5 Å². The zero-order valence-electron chi connectivity index (χ0n) is 16.5. The maximum absolute atomic E-state index is 13.2. The monoisotopic (exact) mass is 384 g/mol. The van der Waals surface area contributed by atoms with Crippen LogP contribution in [0, 0.1) is 22.7 Å². The Kier molecular flexibility index (Phi) is 5.21. The summed E-state index contributed by atoms with van der Waals surface area (Å²) < 4.78 is 0. The van der Waals surface area contributed by atoms with Gasteiger partial charge in [-0.05, 0) is 37.1 Å². The van der Waals surface area contributed by atoms with Crippen LogP contribution in [0.2, 0.25) is 0 Å². The van der Waals surface area contributed by atoms with Crippen molar-refractivity contribution in [3.8, 4) is 12.1 Å². The number of benzene rings is 2. The number of likely N-dealkylation sites (N-methyl/N-ethyl adjacent to an activating group) is 1. The number of carbonyl (C=O) groups excluding carboxylic acids is 2. The first kappa shape index (κ1) is 19.9. The number of nitrogens with zero attached hydrogens (tertiary/aromatic N) is 3. The first-order chi connectivity index (χ1) is 13.8. The quantitative estimate of drug-likeness (QED) is 0.823. The second kappa shape index (κ2) is 7.61.